The highest BCUT2D eigenvalue weighted by Gasteiger charge is 2.14. The number of rotatable bonds is 3. The lowest BCUT2D eigenvalue weighted by molar-refractivity contribution is 0.103. The van der Waals surface area contributed by atoms with Gasteiger partial charge in [-0.3, -0.25) is 4.79 Å². The van der Waals surface area contributed by atoms with Gasteiger partial charge in [0.15, 0.2) is 0 Å². The van der Waals surface area contributed by atoms with Crippen molar-refractivity contribution in [3.8, 4) is 11.8 Å². The second-order valence-electron chi connectivity index (χ2n) is 4.02. The number of aromatic amines is 1. The molecule has 104 valence electrons. The van der Waals surface area contributed by atoms with Crippen molar-refractivity contribution in [2.24, 2.45) is 0 Å². The highest BCUT2D eigenvalue weighted by atomic mass is 16.5. The molecule has 1 heterocycles. The Morgan fingerprint density at radius 2 is 2.10 bits per heavy atom. The standard InChI is InChI=1S/C13H10N2O2.C2H7N/c1-8(7-14)13(16)11-6-9-10(15-11)4-3-5-12(9)17-2;1-3-2/h3-6,15H,1H2,2H3;3H,1-2H3. The minimum atomic E-state index is -0.397. The van der Waals surface area contributed by atoms with E-state index >= 15 is 0 Å². The summed E-state index contributed by atoms with van der Waals surface area (Å²) in [5, 5.41) is 12.2. The molecule has 5 nitrogen and oxygen atoms in total. The maximum atomic E-state index is 11.8. The van der Waals surface area contributed by atoms with Crippen LogP contribution in [-0.4, -0.2) is 32.0 Å². The van der Waals surface area contributed by atoms with Gasteiger partial charge in [0.05, 0.1) is 18.4 Å². The van der Waals surface area contributed by atoms with Crippen molar-refractivity contribution in [3.63, 3.8) is 0 Å². The first-order valence-electron chi connectivity index (χ1n) is 5.97. The molecule has 2 aromatic rings. The smallest absolute Gasteiger partial charge is 0.219 e. The number of aromatic nitrogens is 1. The topological polar surface area (TPSA) is 77.9 Å². The number of carbonyl (C=O) groups excluding carboxylic acids is 1. The number of ketones is 1. The van der Waals surface area contributed by atoms with Crippen LogP contribution in [-0.2, 0) is 0 Å². The Morgan fingerprint density at radius 3 is 2.65 bits per heavy atom. The van der Waals surface area contributed by atoms with Crippen LogP contribution in [0.4, 0.5) is 0 Å². The number of benzene rings is 1. The average molecular weight is 271 g/mol. The second kappa shape index (κ2) is 7.12. The van der Waals surface area contributed by atoms with Crippen molar-refractivity contribution in [1.29, 1.82) is 5.26 Å². The molecule has 5 heteroatoms. The average Bonchev–Trinajstić information content (AvgIpc) is 2.90. The summed E-state index contributed by atoms with van der Waals surface area (Å²) in [6.07, 6.45) is 0. The molecular weight excluding hydrogens is 254 g/mol. The Kier molecular flexibility index (Phi) is 5.51. The second-order valence-corrected chi connectivity index (χ2v) is 4.02. The molecule has 1 aromatic heterocycles. The fourth-order valence-corrected chi connectivity index (χ4v) is 1.64. The van der Waals surface area contributed by atoms with Crippen LogP contribution in [0.1, 0.15) is 10.5 Å². The van der Waals surface area contributed by atoms with E-state index in [1.54, 1.807) is 19.2 Å². The van der Waals surface area contributed by atoms with Gasteiger partial charge in [0, 0.05) is 10.9 Å². The molecule has 0 radical (unpaired) electrons. The van der Waals surface area contributed by atoms with Gasteiger partial charge in [-0.15, -0.1) is 0 Å². The first-order valence-corrected chi connectivity index (χ1v) is 5.97. The fourth-order valence-electron chi connectivity index (χ4n) is 1.64. The summed E-state index contributed by atoms with van der Waals surface area (Å²) in [5.41, 5.74) is 1.05. The SMILES string of the molecule is C=C(C#N)C(=O)c1cc2c(OC)cccc2[nH]1.CNC. The van der Waals surface area contributed by atoms with Crippen molar-refractivity contribution in [2.75, 3.05) is 21.2 Å². The van der Waals surface area contributed by atoms with Crippen LogP contribution in [0.5, 0.6) is 5.75 Å². The molecular formula is C15H17N3O2. The van der Waals surface area contributed by atoms with Crippen LogP contribution in [0.25, 0.3) is 10.9 Å². The number of methoxy groups -OCH3 is 1. The zero-order chi connectivity index (χ0) is 15.1. The Bertz CT molecular complexity index is 665. The predicted octanol–water partition coefficient (Wildman–Crippen LogP) is 2.27. The molecule has 0 fully saturated rings. The van der Waals surface area contributed by atoms with Crippen molar-refractivity contribution >= 4 is 16.7 Å². The molecule has 0 amide bonds. The first-order chi connectivity index (χ1) is 9.58. The van der Waals surface area contributed by atoms with Gasteiger partial charge in [0.25, 0.3) is 0 Å². The van der Waals surface area contributed by atoms with E-state index in [4.69, 9.17) is 10.00 Å². The third-order valence-corrected chi connectivity index (χ3v) is 2.50. The molecule has 0 aliphatic carbocycles. The van der Waals surface area contributed by atoms with E-state index in [0.29, 0.717) is 11.4 Å². The monoisotopic (exact) mass is 271 g/mol. The highest BCUT2D eigenvalue weighted by molar-refractivity contribution is 6.12. The van der Waals surface area contributed by atoms with Crippen LogP contribution in [0.15, 0.2) is 36.4 Å². The summed E-state index contributed by atoms with van der Waals surface area (Å²) in [5.74, 6) is 0.283. The summed E-state index contributed by atoms with van der Waals surface area (Å²) in [6, 6.07) is 8.88. The van der Waals surface area contributed by atoms with Crippen LogP contribution >= 0.6 is 0 Å². The van der Waals surface area contributed by atoms with Gasteiger partial charge >= 0.3 is 0 Å². The third kappa shape index (κ3) is 3.25. The first kappa shape index (κ1) is 15.5. The minimum absolute atomic E-state index is 0.0875. The van der Waals surface area contributed by atoms with Gasteiger partial charge in [0.2, 0.25) is 5.78 Å². The normalized spacial score (nSPS) is 9.30. The summed E-state index contributed by atoms with van der Waals surface area (Å²) in [6.45, 7) is 3.40. The molecule has 0 aliphatic heterocycles. The van der Waals surface area contributed by atoms with Crippen LogP contribution in [0.2, 0.25) is 0 Å². The quantitative estimate of drug-likeness (QED) is 0.510. The van der Waals surface area contributed by atoms with E-state index in [1.807, 2.05) is 32.3 Å². The predicted molar refractivity (Wildman–Crippen MR) is 78.9 cm³/mol. The molecule has 0 spiro atoms. The maximum absolute atomic E-state index is 11.8. The van der Waals surface area contributed by atoms with Crippen molar-refractivity contribution in [3.05, 3.63) is 42.1 Å². The molecule has 0 unspecified atom stereocenters. The van der Waals surface area contributed by atoms with E-state index in [0.717, 1.165) is 10.9 Å². The van der Waals surface area contributed by atoms with E-state index in [9.17, 15) is 4.79 Å². The minimum Gasteiger partial charge on any atom is -0.496 e. The molecule has 2 rings (SSSR count). The molecule has 0 aliphatic rings. The lowest BCUT2D eigenvalue weighted by Crippen LogP contribution is -2.00. The fraction of sp³-hybridized carbons (Fsp3) is 0.200. The zero-order valence-corrected chi connectivity index (χ0v) is 11.8. The number of allylic oxidation sites excluding steroid dienone is 1. The van der Waals surface area contributed by atoms with Crippen LogP contribution in [0, 0.1) is 11.3 Å². The lowest BCUT2D eigenvalue weighted by Gasteiger charge is -1.99. The van der Waals surface area contributed by atoms with Gasteiger partial charge in [-0.1, -0.05) is 12.6 Å². The summed E-state index contributed by atoms with van der Waals surface area (Å²) in [4.78, 5) is 14.7. The van der Waals surface area contributed by atoms with Gasteiger partial charge in [-0.25, -0.2) is 0 Å². The number of Topliss-reactive ketones (excluding diaryl/α,β-unsaturated/α-hetero) is 1. The van der Waals surface area contributed by atoms with Crippen LogP contribution < -0.4 is 10.1 Å². The number of hydrogen-bond donors (Lipinski definition) is 2. The van der Waals surface area contributed by atoms with Crippen molar-refractivity contribution in [1.82, 2.24) is 10.3 Å². The molecule has 0 saturated carbocycles. The highest BCUT2D eigenvalue weighted by Crippen LogP contribution is 2.26. The number of fused-ring (bicyclic) bond motifs is 1. The summed E-state index contributed by atoms with van der Waals surface area (Å²) in [7, 11) is 5.32. The summed E-state index contributed by atoms with van der Waals surface area (Å²) >= 11 is 0. The van der Waals surface area contributed by atoms with Crippen LogP contribution in [0.3, 0.4) is 0 Å². The number of carbonyl (C=O) groups is 1. The molecule has 2 N–H and O–H groups in total. The number of nitriles is 1. The maximum Gasteiger partial charge on any atom is 0.219 e. The number of ether oxygens (including phenoxy) is 1. The molecule has 0 bridgehead atoms. The number of nitrogens with one attached hydrogen (secondary N) is 2. The third-order valence-electron chi connectivity index (χ3n) is 2.50. The number of H-pyrrole nitrogens is 1. The van der Waals surface area contributed by atoms with Gasteiger partial charge in [-0.05, 0) is 32.3 Å². The molecule has 20 heavy (non-hydrogen) atoms. The van der Waals surface area contributed by atoms with E-state index in [1.165, 1.54) is 0 Å². The largest absolute Gasteiger partial charge is 0.496 e. The van der Waals surface area contributed by atoms with Crippen molar-refractivity contribution in [2.45, 2.75) is 0 Å². The van der Waals surface area contributed by atoms with Gasteiger partial charge in [-0.2, -0.15) is 5.26 Å². The molecule has 1 aromatic carbocycles. The summed E-state index contributed by atoms with van der Waals surface area (Å²) < 4.78 is 5.19. The molecule has 0 saturated heterocycles. The van der Waals surface area contributed by atoms with Gasteiger partial charge < -0.3 is 15.0 Å². The van der Waals surface area contributed by atoms with Gasteiger partial charge in [0.1, 0.15) is 11.8 Å². The number of nitrogens with zero attached hydrogens (tertiary/aromatic N) is 1. The Balaban J connectivity index is 0.000000612. The Hall–Kier alpha value is -2.58. The zero-order valence-electron chi connectivity index (χ0n) is 11.8. The van der Waals surface area contributed by atoms with E-state index < -0.39 is 5.78 Å². The van der Waals surface area contributed by atoms with E-state index in [-0.39, 0.29) is 5.57 Å². The van der Waals surface area contributed by atoms with E-state index in [2.05, 4.69) is 16.9 Å². The molecule has 0 atom stereocenters. The Morgan fingerprint density at radius 1 is 1.45 bits per heavy atom. The number of hydrogen-bond acceptors (Lipinski definition) is 4. The van der Waals surface area contributed by atoms with Crippen molar-refractivity contribution < 1.29 is 9.53 Å². The lowest BCUT2D eigenvalue weighted by atomic mass is 10.1. The Labute approximate surface area is 117 Å².